The van der Waals surface area contributed by atoms with E-state index in [1.165, 1.54) is 0 Å². The second-order valence-electron chi connectivity index (χ2n) is 7.27. The quantitative estimate of drug-likeness (QED) is 0.480. The van der Waals surface area contributed by atoms with Gasteiger partial charge < -0.3 is 10.1 Å². The van der Waals surface area contributed by atoms with Crippen LogP contribution in [0.1, 0.15) is 27.0 Å². The van der Waals surface area contributed by atoms with Gasteiger partial charge in [-0.3, -0.25) is 9.69 Å². The Kier molecular flexibility index (Phi) is 5.95. The van der Waals surface area contributed by atoms with E-state index in [1.807, 2.05) is 42.5 Å². The molecule has 32 heavy (non-hydrogen) atoms. The van der Waals surface area contributed by atoms with Crippen molar-refractivity contribution in [2.24, 2.45) is 0 Å². The van der Waals surface area contributed by atoms with Gasteiger partial charge in [0.05, 0.1) is 30.3 Å². The third-order valence-corrected chi connectivity index (χ3v) is 5.12. The first-order valence-corrected chi connectivity index (χ1v) is 9.98. The minimum absolute atomic E-state index is 0.0124. The molecule has 4 rings (SSSR count). The predicted octanol–water partition coefficient (Wildman–Crippen LogP) is 3.63. The number of hydrogen-bond acceptors (Lipinski definition) is 5. The fourth-order valence-electron chi connectivity index (χ4n) is 3.44. The van der Waals surface area contributed by atoms with Crippen molar-refractivity contribution in [1.29, 1.82) is 5.26 Å². The van der Waals surface area contributed by atoms with Crippen LogP contribution in [0.4, 0.5) is 4.79 Å². The van der Waals surface area contributed by atoms with Gasteiger partial charge >= 0.3 is 12.0 Å². The van der Waals surface area contributed by atoms with Crippen molar-refractivity contribution in [2.45, 2.75) is 13.2 Å². The highest BCUT2D eigenvalue weighted by molar-refractivity contribution is 6.01. The van der Waals surface area contributed by atoms with E-state index in [0.29, 0.717) is 16.7 Å². The second kappa shape index (κ2) is 9.14. The normalized spacial score (nSPS) is 12.9. The number of carbonyl (C=O) groups excluding carboxylic acids is 3. The summed E-state index contributed by atoms with van der Waals surface area (Å²) in [6, 6.07) is 23.3. The average molecular weight is 425 g/mol. The largest absolute Gasteiger partial charge is 0.457 e. The van der Waals surface area contributed by atoms with Crippen LogP contribution in [0.25, 0.3) is 11.1 Å². The van der Waals surface area contributed by atoms with E-state index in [2.05, 4.69) is 11.4 Å². The highest BCUT2D eigenvalue weighted by atomic mass is 16.5. The lowest BCUT2D eigenvalue weighted by Crippen LogP contribution is -2.30. The van der Waals surface area contributed by atoms with Gasteiger partial charge in [0.15, 0.2) is 0 Å². The zero-order valence-corrected chi connectivity index (χ0v) is 17.1. The molecular weight excluding hydrogens is 406 g/mol. The molecule has 0 unspecified atom stereocenters. The molecule has 1 saturated heterocycles. The first kappa shape index (κ1) is 20.8. The van der Waals surface area contributed by atoms with Crippen molar-refractivity contribution in [3.05, 3.63) is 95.1 Å². The third-order valence-electron chi connectivity index (χ3n) is 5.12. The summed E-state index contributed by atoms with van der Waals surface area (Å²) in [5.74, 6) is -0.799. The molecule has 0 spiro atoms. The first-order chi connectivity index (χ1) is 15.5. The van der Waals surface area contributed by atoms with Crippen molar-refractivity contribution < 1.29 is 19.1 Å². The van der Waals surface area contributed by atoms with E-state index in [9.17, 15) is 19.6 Å². The van der Waals surface area contributed by atoms with Crippen LogP contribution in [-0.4, -0.2) is 29.4 Å². The zero-order chi connectivity index (χ0) is 22.5. The maximum atomic E-state index is 12.5. The van der Waals surface area contributed by atoms with Crippen LogP contribution in [0.15, 0.2) is 72.8 Å². The number of carbonyl (C=O) groups is 3. The van der Waals surface area contributed by atoms with Gasteiger partial charge in [0.25, 0.3) is 0 Å². The minimum Gasteiger partial charge on any atom is -0.457 e. The van der Waals surface area contributed by atoms with Crippen molar-refractivity contribution in [3.63, 3.8) is 0 Å². The summed E-state index contributed by atoms with van der Waals surface area (Å²) in [6.07, 6.45) is 0. The number of imide groups is 1. The number of nitrogens with zero attached hydrogens (tertiary/aromatic N) is 2. The number of benzene rings is 3. The highest BCUT2D eigenvalue weighted by Gasteiger charge is 2.28. The maximum Gasteiger partial charge on any atom is 0.338 e. The number of esters is 1. The molecule has 3 aromatic carbocycles. The van der Waals surface area contributed by atoms with Gasteiger partial charge in [0, 0.05) is 0 Å². The van der Waals surface area contributed by atoms with Crippen molar-refractivity contribution in [3.8, 4) is 17.2 Å². The average Bonchev–Trinajstić information content (AvgIpc) is 3.15. The third kappa shape index (κ3) is 4.50. The Hall–Kier alpha value is -4.44. The lowest BCUT2D eigenvalue weighted by atomic mass is 9.99. The summed E-state index contributed by atoms with van der Waals surface area (Å²) in [5.41, 5.74) is 4.16. The van der Waals surface area contributed by atoms with E-state index >= 15 is 0 Å². The van der Waals surface area contributed by atoms with Gasteiger partial charge in [-0.1, -0.05) is 54.6 Å². The first-order valence-electron chi connectivity index (χ1n) is 9.98. The van der Waals surface area contributed by atoms with E-state index < -0.39 is 12.0 Å². The number of urea groups is 1. The monoisotopic (exact) mass is 425 g/mol. The lowest BCUT2D eigenvalue weighted by Gasteiger charge is -2.13. The second-order valence-corrected chi connectivity index (χ2v) is 7.27. The molecule has 1 aliphatic rings. The Morgan fingerprint density at radius 3 is 2.50 bits per heavy atom. The zero-order valence-electron chi connectivity index (χ0n) is 17.1. The summed E-state index contributed by atoms with van der Waals surface area (Å²) >= 11 is 0. The van der Waals surface area contributed by atoms with E-state index in [-0.39, 0.29) is 25.6 Å². The molecule has 0 saturated carbocycles. The number of nitrogens with one attached hydrogen (secondary N) is 1. The van der Waals surface area contributed by atoms with Crippen LogP contribution in [-0.2, 0) is 22.7 Å². The molecule has 1 fully saturated rings. The molecule has 3 aromatic rings. The molecule has 0 aromatic heterocycles. The van der Waals surface area contributed by atoms with E-state index in [4.69, 9.17) is 4.74 Å². The Balaban J connectivity index is 1.39. The van der Waals surface area contributed by atoms with Crippen molar-refractivity contribution in [2.75, 3.05) is 6.54 Å². The summed E-state index contributed by atoms with van der Waals surface area (Å²) in [7, 11) is 0. The van der Waals surface area contributed by atoms with Gasteiger partial charge in [-0.2, -0.15) is 5.26 Å². The molecule has 7 nitrogen and oxygen atoms in total. The van der Waals surface area contributed by atoms with E-state index in [0.717, 1.165) is 21.6 Å². The van der Waals surface area contributed by atoms with Crippen LogP contribution in [0.3, 0.4) is 0 Å². The number of hydrogen-bond donors (Lipinski definition) is 1. The molecule has 7 heteroatoms. The van der Waals surface area contributed by atoms with Crippen LogP contribution in [0, 0.1) is 11.3 Å². The molecule has 1 N–H and O–H groups in total. The van der Waals surface area contributed by atoms with Crippen molar-refractivity contribution in [1.82, 2.24) is 10.2 Å². The minimum atomic E-state index is -0.497. The maximum absolute atomic E-state index is 12.5. The molecule has 1 aliphatic heterocycles. The summed E-state index contributed by atoms with van der Waals surface area (Å²) in [6.45, 7) is 0.176. The molecular formula is C25H19N3O4. The molecule has 3 amide bonds. The highest BCUT2D eigenvalue weighted by Crippen LogP contribution is 2.23. The topological polar surface area (TPSA) is 99.5 Å². The number of rotatable bonds is 6. The molecule has 0 atom stereocenters. The SMILES string of the molecule is N#Cc1ccccc1-c1ccc(COC(=O)c2cccc(CN3C(=O)CNC3=O)c2)cc1. The summed E-state index contributed by atoms with van der Waals surface area (Å²) in [4.78, 5) is 37.1. The van der Waals surface area contributed by atoms with Crippen LogP contribution >= 0.6 is 0 Å². The summed E-state index contributed by atoms with van der Waals surface area (Å²) < 4.78 is 5.42. The van der Waals surface area contributed by atoms with Crippen LogP contribution in [0.5, 0.6) is 0 Å². The standard InChI is InChI=1S/C25H19N3O4/c26-13-21-5-1-2-7-22(21)19-10-8-17(9-11-19)16-32-24(30)20-6-3-4-18(12-20)15-28-23(29)14-27-25(28)31/h1-12H,14-16H2,(H,27,31). The van der Waals surface area contributed by atoms with Crippen LogP contribution < -0.4 is 5.32 Å². The Bertz CT molecular complexity index is 1210. The number of nitriles is 1. The van der Waals surface area contributed by atoms with Gasteiger partial charge in [-0.25, -0.2) is 9.59 Å². The van der Waals surface area contributed by atoms with Crippen molar-refractivity contribution >= 4 is 17.9 Å². The van der Waals surface area contributed by atoms with Crippen LogP contribution in [0.2, 0.25) is 0 Å². The molecule has 158 valence electrons. The summed E-state index contributed by atoms with van der Waals surface area (Å²) in [5, 5.41) is 11.7. The molecule has 1 heterocycles. The Labute approximate surface area is 184 Å². The smallest absolute Gasteiger partial charge is 0.338 e. The Morgan fingerprint density at radius 2 is 1.78 bits per heavy atom. The molecule has 0 aliphatic carbocycles. The van der Waals surface area contributed by atoms with Gasteiger partial charge in [-0.15, -0.1) is 0 Å². The Morgan fingerprint density at radius 1 is 1.00 bits per heavy atom. The fraction of sp³-hybridized carbons (Fsp3) is 0.120. The van der Waals surface area contributed by atoms with Gasteiger partial charge in [-0.05, 0) is 40.5 Å². The van der Waals surface area contributed by atoms with Gasteiger partial charge in [0.2, 0.25) is 5.91 Å². The molecule has 0 bridgehead atoms. The predicted molar refractivity (Wildman–Crippen MR) is 116 cm³/mol. The lowest BCUT2D eigenvalue weighted by molar-refractivity contribution is -0.125. The van der Waals surface area contributed by atoms with Gasteiger partial charge in [0.1, 0.15) is 6.61 Å². The fourth-order valence-corrected chi connectivity index (χ4v) is 3.44. The van der Waals surface area contributed by atoms with E-state index in [1.54, 1.807) is 30.3 Å². The molecule has 0 radical (unpaired) electrons. The number of ether oxygens (including phenoxy) is 1. The number of amides is 3.